The number of hydrogen-bond donors (Lipinski definition) is 0. The second-order valence-electron chi connectivity index (χ2n) is 16.9. The molecule has 7 heteroatoms. The third kappa shape index (κ3) is 6.27. The minimum Gasteiger partial charge on any atom is -0.375 e. The van der Waals surface area contributed by atoms with Crippen molar-refractivity contribution >= 4 is 38.8 Å². The second kappa shape index (κ2) is 15.4. The summed E-state index contributed by atoms with van der Waals surface area (Å²) in [7, 11) is 2.13. The zero-order valence-electron chi connectivity index (χ0n) is 36.3. The van der Waals surface area contributed by atoms with Crippen LogP contribution in [-0.4, -0.2) is 41.0 Å². The van der Waals surface area contributed by atoms with Crippen LogP contribution in [0, 0.1) is 13.8 Å². The van der Waals surface area contributed by atoms with Gasteiger partial charge in [-0.1, -0.05) is 140 Å². The van der Waals surface area contributed by atoms with Crippen molar-refractivity contribution in [1.82, 2.24) is 34.0 Å². The van der Waals surface area contributed by atoms with Crippen LogP contribution in [0.1, 0.15) is 22.4 Å². The van der Waals surface area contributed by atoms with Crippen LogP contribution in [0.15, 0.2) is 188 Å². The summed E-state index contributed by atoms with van der Waals surface area (Å²) in [5, 5.41) is 3.48. The number of pyridine rings is 1. The monoisotopic (exact) mass is 837 g/mol. The lowest BCUT2D eigenvalue weighted by Crippen LogP contribution is -2.17. The van der Waals surface area contributed by atoms with Crippen molar-refractivity contribution in [2.75, 3.05) is 7.05 Å². The lowest BCUT2D eigenvalue weighted by Gasteiger charge is -2.24. The predicted molar refractivity (Wildman–Crippen MR) is 266 cm³/mol. The topological polar surface area (TPSA) is 64.7 Å². The molecular formula is C58H43N7. The van der Waals surface area contributed by atoms with Gasteiger partial charge in [-0.05, 0) is 78.7 Å². The van der Waals surface area contributed by atoms with Crippen LogP contribution in [0.4, 0.5) is 0 Å². The summed E-state index contributed by atoms with van der Waals surface area (Å²) in [6.45, 7) is 5.10. The average Bonchev–Trinajstić information content (AvgIpc) is 3.86. The summed E-state index contributed by atoms with van der Waals surface area (Å²) in [6.07, 6.45) is 8.27. The first-order valence-corrected chi connectivity index (χ1v) is 22.1. The van der Waals surface area contributed by atoms with Crippen molar-refractivity contribution in [3.8, 4) is 67.8 Å². The van der Waals surface area contributed by atoms with Crippen molar-refractivity contribution in [3.05, 3.63) is 211 Å². The fraction of sp³-hybridized carbons (Fsp3) is 0.0690. The Morgan fingerprint density at radius 2 is 0.938 bits per heavy atom. The number of hydrogen-bond acceptors (Lipinski definition) is 5. The SMILES string of the molecule is Cc1ccccc1-c1cccc(-c2nc(-c3ccccc3)nc(-c3cccc(-c4ccccc4C)c3-n3c4ccccc4c4ccncc43)n2)c1-n1c2c(c3ccccc31)C=CN(C)C2. The van der Waals surface area contributed by atoms with E-state index >= 15 is 0 Å². The molecule has 0 aliphatic carbocycles. The Morgan fingerprint density at radius 3 is 1.60 bits per heavy atom. The highest BCUT2D eigenvalue weighted by Crippen LogP contribution is 2.45. The zero-order chi connectivity index (χ0) is 43.6. The van der Waals surface area contributed by atoms with Crippen molar-refractivity contribution in [3.63, 3.8) is 0 Å². The Hall–Kier alpha value is -8.42. The smallest absolute Gasteiger partial charge is 0.166 e. The summed E-state index contributed by atoms with van der Waals surface area (Å²) in [5.41, 5.74) is 17.2. The number of fused-ring (bicyclic) bond motifs is 6. The van der Waals surface area contributed by atoms with Gasteiger partial charge in [0.2, 0.25) is 0 Å². The van der Waals surface area contributed by atoms with Gasteiger partial charge < -0.3 is 14.0 Å². The maximum atomic E-state index is 5.63. The van der Waals surface area contributed by atoms with E-state index in [0.717, 1.165) is 84.2 Å². The van der Waals surface area contributed by atoms with E-state index < -0.39 is 0 Å². The van der Waals surface area contributed by atoms with Crippen molar-refractivity contribution in [2.24, 2.45) is 0 Å². The van der Waals surface area contributed by atoms with Gasteiger partial charge in [-0.3, -0.25) is 4.98 Å². The molecule has 0 saturated carbocycles. The molecule has 65 heavy (non-hydrogen) atoms. The lowest BCUT2D eigenvalue weighted by atomic mass is 9.95. The van der Waals surface area contributed by atoms with Crippen molar-refractivity contribution in [1.29, 1.82) is 0 Å². The van der Waals surface area contributed by atoms with Gasteiger partial charge in [-0.25, -0.2) is 15.0 Å². The fourth-order valence-corrected chi connectivity index (χ4v) is 9.91. The molecule has 0 radical (unpaired) electrons. The molecule has 0 spiro atoms. The Labute approximate surface area is 377 Å². The molecule has 0 saturated heterocycles. The third-order valence-corrected chi connectivity index (χ3v) is 12.9. The van der Waals surface area contributed by atoms with Gasteiger partial charge in [0, 0.05) is 62.8 Å². The van der Waals surface area contributed by atoms with Gasteiger partial charge in [0.15, 0.2) is 17.5 Å². The molecule has 7 aromatic carbocycles. The molecule has 11 aromatic rings. The molecule has 5 heterocycles. The molecule has 0 bridgehead atoms. The van der Waals surface area contributed by atoms with E-state index in [0.29, 0.717) is 17.5 Å². The van der Waals surface area contributed by atoms with E-state index in [4.69, 9.17) is 15.0 Å². The molecule has 4 aromatic heterocycles. The standard InChI is InChI=1S/C58H43N7/c1-37-17-7-9-21-40(37)46-25-15-27-48(54(46)64-50-29-13-11-23-42(50)44-31-33-59-35-52(44)64)57-60-56(39-19-5-4-6-20-39)61-58(62-57)49-28-16-26-47(41-22-10-8-18-38(41)2)55(49)65-51-30-14-12-24-43(51)45-32-34-63(3)36-53(45)65/h4-35H,36H2,1-3H3. The number of para-hydroxylation sites is 4. The van der Waals surface area contributed by atoms with Crippen LogP contribution in [0.2, 0.25) is 0 Å². The van der Waals surface area contributed by atoms with Gasteiger partial charge >= 0.3 is 0 Å². The van der Waals surface area contributed by atoms with Crippen LogP contribution in [0.3, 0.4) is 0 Å². The van der Waals surface area contributed by atoms with Gasteiger partial charge in [-0.2, -0.15) is 0 Å². The second-order valence-corrected chi connectivity index (χ2v) is 16.9. The van der Waals surface area contributed by atoms with Gasteiger partial charge in [0.25, 0.3) is 0 Å². The Morgan fingerprint density at radius 1 is 0.431 bits per heavy atom. The quantitative estimate of drug-likeness (QED) is 0.160. The minimum atomic E-state index is 0.573. The molecular weight excluding hydrogens is 795 g/mol. The van der Waals surface area contributed by atoms with E-state index in [9.17, 15) is 0 Å². The van der Waals surface area contributed by atoms with E-state index in [1.54, 1.807) is 0 Å². The number of rotatable bonds is 7. The molecule has 0 unspecified atom stereocenters. The molecule has 1 aliphatic heterocycles. The lowest BCUT2D eigenvalue weighted by molar-refractivity contribution is 0.438. The number of aryl methyl sites for hydroxylation is 2. The van der Waals surface area contributed by atoms with Crippen molar-refractivity contribution < 1.29 is 0 Å². The van der Waals surface area contributed by atoms with E-state index in [1.807, 2.05) is 30.6 Å². The molecule has 1 aliphatic rings. The van der Waals surface area contributed by atoms with E-state index in [2.05, 4.69) is 204 Å². The molecule has 0 fully saturated rings. The third-order valence-electron chi connectivity index (χ3n) is 12.9. The minimum absolute atomic E-state index is 0.573. The molecule has 12 rings (SSSR count). The summed E-state index contributed by atoms with van der Waals surface area (Å²) in [4.78, 5) is 23.4. The highest BCUT2D eigenvalue weighted by molar-refractivity contribution is 6.10. The summed E-state index contributed by atoms with van der Waals surface area (Å²) in [6, 6.07) is 60.0. The maximum Gasteiger partial charge on any atom is 0.166 e. The normalized spacial score (nSPS) is 12.4. The number of aromatic nitrogens is 6. The van der Waals surface area contributed by atoms with Gasteiger partial charge in [0.05, 0.1) is 46.4 Å². The Balaban J connectivity index is 1.21. The summed E-state index contributed by atoms with van der Waals surface area (Å²) < 4.78 is 4.82. The molecule has 0 amide bonds. The largest absolute Gasteiger partial charge is 0.375 e. The van der Waals surface area contributed by atoms with Gasteiger partial charge in [-0.15, -0.1) is 0 Å². The van der Waals surface area contributed by atoms with Crippen LogP contribution in [0.5, 0.6) is 0 Å². The first-order valence-electron chi connectivity index (χ1n) is 22.1. The van der Waals surface area contributed by atoms with E-state index in [1.165, 1.54) is 27.8 Å². The van der Waals surface area contributed by atoms with Crippen LogP contribution in [-0.2, 0) is 6.54 Å². The van der Waals surface area contributed by atoms with Crippen LogP contribution < -0.4 is 0 Å². The predicted octanol–water partition coefficient (Wildman–Crippen LogP) is 13.7. The number of nitrogens with zero attached hydrogens (tertiary/aromatic N) is 7. The Bertz CT molecular complexity index is 3640. The highest BCUT2D eigenvalue weighted by Gasteiger charge is 2.28. The maximum absolute atomic E-state index is 5.63. The van der Waals surface area contributed by atoms with Gasteiger partial charge in [0.1, 0.15) is 0 Å². The molecule has 310 valence electrons. The summed E-state index contributed by atoms with van der Waals surface area (Å²) >= 11 is 0. The first-order chi connectivity index (χ1) is 32.0. The highest BCUT2D eigenvalue weighted by atomic mass is 15.1. The van der Waals surface area contributed by atoms with Crippen molar-refractivity contribution in [2.45, 2.75) is 20.4 Å². The molecule has 7 nitrogen and oxygen atoms in total. The Kier molecular flexibility index (Phi) is 9.09. The van der Waals surface area contributed by atoms with Crippen LogP contribution >= 0.6 is 0 Å². The van der Waals surface area contributed by atoms with Crippen LogP contribution in [0.25, 0.3) is 107 Å². The fourth-order valence-electron chi connectivity index (χ4n) is 9.91. The molecule has 0 atom stereocenters. The summed E-state index contributed by atoms with van der Waals surface area (Å²) in [5.74, 6) is 1.75. The number of benzene rings is 7. The van der Waals surface area contributed by atoms with E-state index in [-0.39, 0.29) is 0 Å². The zero-order valence-corrected chi connectivity index (χ0v) is 36.3. The molecule has 0 N–H and O–H groups in total. The average molecular weight is 838 g/mol. The first kappa shape index (κ1) is 38.3.